The third-order valence-corrected chi connectivity index (χ3v) is 4.81. The van der Waals surface area contributed by atoms with Crippen molar-refractivity contribution in [2.75, 3.05) is 5.32 Å². The summed E-state index contributed by atoms with van der Waals surface area (Å²) in [5.74, 6) is 0.235. The van der Waals surface area contributed by atoms with Crippen LogP contribution in [0.2, 0.25) is 0 Å². The Morgan fingerprint density at radius 1 is 1.04 bits per heavy atom. The van der Waals surface area contributed by atoms with Gasteiger partial charge in [0.15, 0.2) is 16.3 Å². The van der Waals surface area contributed by atoms with E-state index in [1.54, 1.807) is 24.4 Å². The van der Waals surface area contributed by atoms with Gasteiger partial charge in [-0.15, -0.1) is 0 Å². The van der Waals surface area contributed by atoms with E-state index in [4.69, 9.17) is 16.6 Å². The van der Waals surface area contributed by atoms with Crippen molar-refractivity contribution in [1.82, 2.24) is 15.3 Å². The van der Waals surface area contributed by atoms with Gasteiger partial charge in [0.05, 0.1) is 0 Å². The average Bonchev–Trinajstić information content (AvgIpc) is 3.13. The Morgan fingerprint density at radius 3 is 2.50 bits per heavy atom. The van der Waals surface area contributed by atoms with Crippen LogP contribution in [0.1, 0.15) is 10.4 Å². The summed E-state index contributed by atoms with van der Waals surface area (Å²) >= 11 is 7.41. The number of nitrogens with zero attached hydrogens (tertiary/aromatic N) is 2. The van der Waals surface area contributed by atoms with Crippen LogP contribution in [-0.4, -0.2) is 21.0 Å². The van der Waals surface area contributed by atoms with Gasteiger partial charge in [0.25, 0.3) is 5.91 Å². The number of thiocarbonyl (C=S) groups is 1. The van der Waals surface area contributed by atoms with Crippen LogP contribution >= 0.6 is 34.8 Å². The molecule has 6 nitrogen and oxygen atoms in total. The van der Waals surface area contributed by atoms with E-state index in [-0.39, 0.29) is 11.0 Å². The molecule has 0 aliphatic heterocycles. The third kappa shape index (κ3) is 4.18. The van der Waals surface area contributed by atoms with E-state index in [1.807, 2.05) is 42.5 Å². The molecular formula is C20H13IN4O2S. The molecule has 0 bridgehead atoms. The van der Waals surface area contributed by atoms with E-state index in [1.165, 1.54) is 0 Å². The molecule has 2 heterocycles. The SMILES string of the molecule is O=C(NC(=S)Nc1ccc(-c2nc3ncccc3o2)cc1)c1ccc(I)cc1. The third-order valence-electron chi connectivity index (χ3n) is 3.89. The highest BCUT2D eigenvalue weighted by molar-refractivity contribution is 14.1. The van der Waals surface area contributed by atoms with Crippen LogP contribution in [0.3, 0.4) is 0 Å². The number of pyridine rings is 1. The number of amides is 1. The second-order valence-corrected chi connectivity index (χ2v) is 7.49. The van der Waals surface area contributed by atoms with Crippen molar-refractivity contribution in [2.45, 2.75) is 0 Å². The highest BCUT2D eigenvalue weighted by atomic mass is 127. The zero-order valence-corrected chi connectivity index (χ0v) is 17.3. The lowest BCUT2D eigenvalue weighted by atomic mass is 10.2. The fraction of sp³-hybridized carbons (Fsp3) is 0. The first-order valence-corrected chi connectivity index (χ1v) is 9.77. The Labute approximate surface area is 179 Å². The molecule has 2 aromatic carbocycles. The maximum atomic E-state index is 12.2. The van der Waals surface area contributed by atoms with Gasteiger partial charge in [-0.05, 0) is 95.5 Å². The van der Waals surface area contributed by atoms with E-state index in [0.717, 1.165) is 14.8 Å². The molecule has 4 rings (SSSR count). The molecule has 0 aliphatic rings. The Bertz CT molecular complexity index is 1120. The molecule has 1 amide bonds. The molecule has 0 spiro atoms. The van der Waals surface area contributed by atoms with Crippen LogP contribution in [0.4, 0.5) is 5.69 Å². The zero-order chi connectivity index (χ0) is 19.5. The first-order valence-electron chi connectivity index (χ1n) is 8.28. The number of rotatable bonds is 3. The summed E-state index contributed by atoms with van der Waals surface area (Å²) in [6.07, 6.45) is 1.67. The number of fused-ring (bicyclic) bond motifs is 1. The van der Waals surface area contributed by atoms with Crippen LogP contribution < -0.4 is 10.6 Å². The van der Waals surface area contributed by atoms with Crippen molar-refractivity contribution >= 4 is 62.7 Å². The van der Waals surface area contributed by atoms with Gasteiger partial charge in [0, 0.05) is 26.6 Å². The molecule has 0 atom stereocenters. The molecule has 0 saturated heterocycles. The van der Waals surface area contributed by atoms with Crippen molar-refractivity contribution in [3.05, 3.63) is 76.0 Å². The number of hydrogen-bond donors (Lipinski definition) is 2. The number of carbonyl (C=O) groups is 1. The van der Waals surface area contributed by atoms with Crippen LogP contribution in [0.25, 0.3) is 22.7 Å². The Balaban J connectivity index is 1.41. The second-order valence-electron chi connectivity index (χ2n) is 5.84. The van der Waals surface area contributed by atoms with Crippen LogP contribution in [0.5, 0.6) is 0 Å². The summed E-state index contributed by atoms with van der Waals surface area (Å²) in [5, 5.41) is 5.89. The van der Waals surface area contributed by atoms with Crippen LogP contribution in [-0.2, 0) is 0 Å². The van der Waals surface area contributed by atoms with Crippen molar-refractivity contribution in [2.24, 2.45) is 0 Å². The molecule has 138 valence electrons. The van der Waals surface area contributed by atoms with Crippen molar-refractivity contribution in [1.29, 1.82) is 0 Å². The smallest absolute Gasteiger partial charge is 0.257 e. The quantitative estimate of drug-likeness (QED) is 0.316. The number of nitrogens with one attached hydrogen (secondary N) is 2. The molecule has 28 heavy (non-hydrogen) atoms. The summed E-state index contributed by atoms with van der Waals surface area (Å²) in [6.45, 7) is 0. The summed E-state index contributed by atoms with van der Waals surface area (Å²) in [6, 6.07) is 18.3. The molecule has 0 unspecified atom stereocenters. The number of hydrogen-bond acceptors (Lipinski definition) is 5. The normalized spacial score (nSPS) is 10.6. The average molecular weight is 500 g/mol. The number of anilines is 1. The summed E-state index contributed by atoms with van der Waals surface area (Å²) in [4.78, 5) is 20.8. The van der Waals surface area contributed by atoms with Gasteiger partial charge in [-0.1, -0.05) is 0 Å². The van der Waals surface area contributed by atoms with E-state index >= 15 is 0 Å². The van der Waals surface area contributed by atoms with Gasteiger partial charge < -0.3 is 9.73 Å². The predicted octanol–water partition coefficient (Wildman–Crippen LogP) is 4.62. The molecule has 0 saturated carbocycles. The lowest BCUT2D eigenvalue weighted by molar-refractivity contribution is 0.0977. The highest BCUT2D eigenvalue weighted by Gasteiger charge is 2.10. The maximum absolute atomic E-state index is 12.2. The van der Waals surface area contributed by atoms with Crippen molar-refractivity contribution in [3.8, 4) is 11.5 Å². The minimum absolute atomic E-state index is 0.224. The number of aromatic nitrogens is 2. The molecule has 0 radical (unpaired) electrons. The van der Waals surface area contributed by atoms with Crippen LogP contribution in [0, 0.1) is 3.57 Å². The molecule has 0 aliphatic carbocycles. The van der Waals surface area contributed by atoms with Crippen LogP contribution in [0.15, 0.2) is 71.3 Å². The monoisotopic (exact) mass is 500 g/mol. The van der Waals surface area contributed by atoms with E-state index in [2.05, 4.69) is 43.2 Å². The topological polar surface area (TPSA) is 80.0 Å². The van der Waals surface area contributed by atoms with E-state index in [0.29, 0.717) is 22.7 Å². The maximum Gasteiger partial charge on any atom is 0.257 e. The first kappa shape index (κ1) is 18.5. The summed E-state index contributed by atoms with van der Waals surface area (Å²) < 4.78 is 6.77. The number of carbonyl (C=O) groups excluding carboxylic acids is 1. The van der Waals surface area contributed by atoms with Gasteiger partial charge in [-0.25, -0.2) is 4.98 Å². The van der Waals surface area contributed by atoms with Gasteiger partial charge in [0.2, 0.25) is 5.89 Å². The van der Waals surface area contributed by atoms with Gasteiger partial charge in [0.1, 0.15) is 0 Å². The minimum Gasteiger partial charge on any atom is -0.434 e. The van der Waals surface area contributed by atoms with Gasteiger partial charge >= 0.3 is 0 Å². The number of oxazole rings is 1. The Kier molecular flexibility index (Phi) is 5.31. The Hall–Kier alpha value is -2.85. The fourth-order valence-corrected chi connectivity index (χ4v) is 3.10. The molecule has 2 N–H and O–H groups in total. The molecule has 8 heteroatoms. The largest absolute Gasteiger partial charge is 0.434 e. The molecule has 4 aromatic rings. The molecule has 0 fully saturated rings. The van der Waals surface area contributed by atoms with E-state index < -0.39 is 0 Å². The molecule has 2 aromatic heterocycles. The minimum atomic E-state index is -0.260. The number of halogens is 1. The highest BCUT2D eigenvalue weighted by Crippen LogP contribution is 2.24. The zero-order valence-electron chi connectivity index (χ0n) is 14.3. The second kappa shape index (κ2) is 8.03. The lowest BCUT2D eigenvalue weighted by Crippen LogP contribution is -2.34. The van der Waals surface area contributed by atoms with Gasteiger partial charge in [-0.2, -0.15) is 4.98 Å². The van der Waals surface area contributed by atoms with Gasteiger partial charge in [-0.3, -0.25) is 10.1 Å². The summed E-state index contributed by atoms with van der Waals surface area (Å²) in [5.41, 5.74) is 3.31. The lowest BCUT2D eigenvalue weighted by Gasteiger charge is -2.10. The predicted molar refractivity (Wildman–Crippen MR) is 120 cm³/mol. The first-order chi connectivity index (χ1) is 13.6. The summed E-state index contributed by atoms with van der Waals surface area (Å²) in [7, 11) is 0. The fourth-order valence-electron chi connectivity index (χ4n) is 2.53. The number of benzene rings is 2. The van der Waals surface area contributed by atoms with Crippen molar-refractivity contribution in [3.63, 3.8) is 0 Å². The van der Waals surface area contributed by atoms with E-state index in [9.17, 15) is 4.79 Å². The standard InChI is InChI=1S/C20H13IN4O2S/c21-14-7-3-12(4-8-14)18(26)25-20(28)23-15-9-5-13(6-10-15)19-24-17-16(27-19)2-1-11-22-17/h1-11H,(H2,23,25,26,28). The van der Waals surface area contributed by atoms with Crippen molar-refractivity contribution < 1.29 is 9.21 Å². The Morgan fingerprint density at radius 2 is 1.79 bits per heavy atom. The molecular weight excluding hydrogens is 487 g/mol.